The average Bonchev–Trinajstić information content (AvgIpc) is 3.18. The van der Waals surface area contributed by atoms with Crippen molar-refractivity contribution in [2.24, 2.45) is 5.16 Å². The number of rotatable bonds is 10. The molecule has 4 rings (SSSR count). The van der Waals surface area contributed by atoms with Crippen LogP contribution < -0.4 is 5.73 Å². The van der Waals surface area contributed by atoms with Crippen LogP contribution >= 0.6 is 12.4 Å². The summed E-state index contributed by atoms with van der Waals surface area (Å²) in [5, 5.41) is 5.32. The van der Waals surface area contributed by atoms with E-state index in [0.29, 0.717) is 25.6 Å². The summed E-state index contributed by atoms with van der Waals surface area (Å²) in [7, 11) is 0. The summed E-state index contributed by atoms with van der Waals surface area (Å²) in [4.78, 5) is 14.8. The molecule has 0 aliphatic rings. The van der Waals surface area contributed by atoms with Crippen LogP contribution in [0.1, 0.15) is 38.1 Å². The molecule has 0 radical (unpaired) electrons. The highest BCUT2D eigenvalue weighted by Crippen LogP contribution is 2.29. The lowest BCUT2D eigenvalue weighted by molar-refractivity contribution is 0.125. The molecule has 0 fully saturated rings. The number of benzene rings is 2. The minimum Gasteiger partial charge on any atom is -0.391 e. The Kier molecular flexibility index (Phi) is 8.63. The third-order valence-corrected chi connectivity index (χ3v) is 5.34. The van der Waals surface area contributed by atoms with Gasteiger partial charge in [-0.1, -0.05) is 53.7 Å². The van der Waals surface area contributed by atoms with Crippen molar-refractivity contribution in [1.29, 1.82) is 0 Å². The summed E-state index contributed by atoms with van der Waals surface area (Å²) in [6.45, 7) is 6.29. The van der Waals surface area contributed by atoms with Crippen molar-refractivity contribution in [2.45, 2.75) is 46.4 Å². The van der Waals surface area contributed by atoms with Gasteiger partial charge >= 0.3 is 0 Å². The molecule has 2 aromatic carbocycles. The first kappa shape index (κ1) is 24.5. The third-order valence-electron chi connectivity index (χ3n) is 5.34. The summed E-state index contributed by atoms with van der Waals surface area (Å²) >= 11 is 0. The zero-order chi connectivity index (χ0) is 22.3. The van der Waals surface area contributed by atoms with Gasteiger partial charge in [0.1, 0.15) is 24.6 Å². The monoisotopic (exact) mass is 467 g/mol. The van der Waals surface area contributed by atoms with Gasteiger partial charge in [-0.15, -0.1) is 12.4 Å². The molecule has 0 amide bonds. The van der Waals surface area contributed by atoms with E-state index in [1.807, 2.05) is 62.4 Å². The predicted molar refractivity (Wildman–Crippen MR) is 136 cm³/mol. The number of oxime groups is 1. The smallest absolute Gasteiger partial charge is 0.152 e. The fourth-order valence-corrected chi connectivity index (χ4v) is 3.78. The molecular formula is C25H30ClN5O2. The highest BCUT2D eigenvalue weighted by atomic mass is 35.5. The summed E-state index contributed by atoms with van der Waals surface area (Å²) in [6, 6.07) is 18.1. The van der Waals surface area contributed by atoms with Crippen molar-refractivity contribution < 1.29 is 9.57 Å². The Labute approximate surface area is 200 Å². The molecule has 7 nitrogen and oxygen atoms in total. The van der Waals surface area contributed by atoms with Crippen molar-refractivity contribution in [3.63, 3.8) is 0 Å². The quantitative estimate of drug-likeness (QED) is 0.246. The molecule has 2 heterocycles. The van der Waals surface area contributed by atoms with Crippen molar-refractivity contribution in [2.75, 3.05) is 12.3 Å². The molecule has 0 aliphatic carbocycles. The Morgan fingerprint density at radius 2 is 1.79 bits per heavy atom. The molecule has 2 N–H and O–H groups in total. The summed E-state index contributed by atoms with van der Waals surface area (Å²) in [6.07, 6.45) is 1.71. The van der Waals surface area contributed by atoms with Crippen LogP contribution in [0.5, 0.6) is 0 Å². The van der Waals surface area contributed by atoms with Crippen LogP contribution in [0.3, 0.4) is 0 Å². The lowest BCUT2D eigenvalue weighted by Crippen LogP contribution is -2.08. The Balaban J connectivity index is 0.00000306. The van der Waals surface area contributed by atoms with E-state index in [-0.39, 0.29) is 12.4 Å². The van der Waals surface area contributed by atoms with Crippen LogP contribution in [-0.2, 0) is 29.3 Å². The molecule has 0 saturated heterocycles. The highest BCUT2D eigenvalue weighted by molar-refractivity contribution is 6.06. The topological polar surface area (TPSA) is 87.6 Å². The van der Waals surface area contributed by atoms with E-state index in [4.69, 9.17) is 20.3 Å². The zero-order valence-electron chi connectivity index (χ0n) is 19.0. The molecule has 0 unspecified atom stereocenters. The first-order valence-corrected chi connectivity index (χ1v) is 11.0. The van der Waals surface area contributed by atoms with Crippen molar-refractivity contribution in [3.8, 4) is 0 Å². The number of aromatic nitrogens is 3. The second kappa shape index (κ2) is 11.6. The second-order valence-electron chi connectivity index (χ2n) is 7.72. The van der Waals surface area contributed by atoms with Gasteiger partial charge in [0.2, 0.25) is 0 Å². The molecule has 0 atom stereocenters. The van der Waals surface area contributed by atoms with E-state index in [1.165, 1.54) is 0 Å². The molecule has 0 bridgehead atoms. The van der Waals surface area contributed by atoms with Gasteiger partial charge in [-0.25, -0.2) is 9.97 Å². The number of nitrogen functional groups attached to an aromatic ring is 1. The van der Waals surface area contributed by atoms with Gasteiger partial charge < -0.3 is 19.9 Å². The van der Waals surface area contributed by atoms with Gasteiger partial charge in [-0.05, 0) is 38.3 Å². The predicted octanol–water partition coefficient (Wildman–Crippen LogP) is 5.50. The lowest BCUT2D eigenvalue weighted by Gasteiger charge is -2.11. The molecule has 4 aromatic rings. The van der Waals surface area contributed by atoms with E-state index < -0.39 is 0 Å². The van der Waals surface area contributed by atoms with E-state index in [9.17, 15) is 0 Å². The number of para-hydroxylation sites is 1. The second-order valence-corrected chi connectivity index (χ2v) is 7.72. The molecule has 0 saturated carbocycles. The largest absolute Gasteiger partial charge is 0.391 e. The SMILES string of the molecule is CCOCc1nc2c(N)nc3ccccc3c2n1CCC/C(C)=N/OCc1ccccc1.Cl. The van der Waals surface area contributed by atoms with Crippen LogP contribution in [0.4, 0.5) is 5.82 Å². The van der Waals surface area contributed by atoms with E-state index >= 15 is 0 Å². The van der Waals surface area contributed by atoms with Gasteiger partial charge in [0, 0.05) is 18.5 Å². The number of nitrogens with two attached hydrogens (primary N) is 1. The number of ether oxygens (including phenoxy) is 1. The number of fused-ring (bicyclic) bond motifs is 3. The maximum atomic E-state index is 6.25. The lowest BCUT2D eigenvalue weighted by atomic mass is 10.1. The minimum atomic E-state index is 0. The fraction of sp³-hybridized carbons (Fsp3) is 0.320. The number of aryl methyl sites for hydroxylation is 1. The fourth-order valence-electron chi connectivity index (χ4n) is 3.78. The number of hydrogen-bond acceptors (Lipinski definition) is 6. The number of halogens is 1. The standard InChI is InChI=1S/C25H29N5O2.ClH/c1-3-31-17-22-28-23-24(20-13-7-8-14-21(20)27-25(23)26)30(22)15-9-10-18(2)29-32-16-19-11-5-4-6-12-19;/h4-8,11-14H,3,9-10,15-17H2,1-2H3,(H2,26,27);1H/b29-18+;. The Morgan fingerprint density at radius 1 is 1.03 bits per heavy atom. The summed E-state index contributed by atoms with van der Waals surface area (Å²) in [5.41, 5.74) is 10.9. The third kappa shape index (κ3) is 5.80. The van der Waals surface area contributed by atoms with E-state index in [1.54, 1.807) is 0 Å². The first-order valence-electron chi connectivity index (χ1n) is 11.0. The molecule has 8 heteroatoms. The number of anilines is 1. The number of nitrogens with zero attached hydrogens (tertiary/aromatic N) is 4. The van der Waals surface area contributed by atoms with Crippen LogP contribution in [0.15, 0.2) is 59.8 Å². The number of imidazole rings is 1. The maximum absolute atomic E-state index is 6.25. The molecular weight excluding hydrogens is 438 g/mol. The van der Waals surface area contributed by atoms with Crippen molar-refractivity contribution in [1.82, 2.24) is 14.5 Å². The highest BCUT2D eigenvalue weighted by Gasteiger charge is 2.17. The Hall–Kier alpha value is -3.16. The van der Waals surface area contributed by atoms with Crippen LogP contribution in [0, 0.1) is 0 Å². The molecule has 174 valence electrons. The van der Waals surface area contributed by atoms with Crippen LogP contribution in [0.25, 0.3) is 21.9 Å². The Morgan fingerprint density at radius 3 is 2.58 bits per heavy atom. The van der Waals surface area contributed by atoms with Crippen molar-refractivity contribution in [3.05, 3.63) is 66.0 Å². The molecule has 0 spiro atoms. The molecule has 33 heavy (non-hydrogen) atoms. The Bertz CT molecular complexity index is 1220. The van der Waals surface area contributed by atoms with Crippen molar-refractivity contribution >= 4 is 45.9 Å². The van der Waals surface area contributed by atoms with Gasteiger partial charge in [-0.3, -0.25) is 0 Å². The van der Waals surface area contributed by atoms with Crippen LogP contribution in [-0.4, -0.2) is 26.9 Å². The number of hydrogen-bond donors (Lipinski definition) is 1. The summed E-state index contributed by atoms with van der Waals surface area (Å²) < 4.78 is 7.89. The number of pyridine rings is 1. The summed E-state index contributed by atoms with van der Waals surface area (Å²) in [5.74, 6) is 1.31. The van der Waals surface area contributed by atoms with E-state index in [0.717, 1.165) is 58.4 Å². The van der Waals surface area contributed by atoms with Gasteiger partial charge in [0.05, 0.1) is 16.7 Å². The normalized spacial score (nSPS) is 11.6. The van der Waals surface area contributed by atoms with Gasteiger partial charge in [-0.2, -0.15) is 0 Å². The van der Waals surface area contributed by atoms with Gasteiger partial charge in [0.15, 0.2) is 5.82 Å². The van der Waals surface area contributed by atoms with E-state index in [2.05, 4.69) is 20.8 Å². The molecule has 0 aliphatic heterocycles. The molecule has 2 aromatic heterocycles. The average molecular weight is 468 g/mol. The zero-order valence-corrected chi connectivity index (χ0v) is 19.8. The maximum Gasteiger partial charge on any atom is 0.152 e. The van der Waals surface area contributed by atoms with Crippen LogP contribution in [0.2, 0.25) is 0 Å². The van der Waals surface area contributed by atoms with Gasteiger partial charge in [0.25, 0.3) is 0 Å². The minimum absolute atomic E-state index is 0. The first-order chi connectivity index (χ1) is 15.7.